The normalized spacial score (nSPS) is 19.6. The van der Waals surface area contributed by atoms with Gasteiger partial charge in [0.1, 0.15) is 0 Å². The van der Waals surface area contributed by atoms with Gasteiger partial charge in [-0.25, -0.2) is 4.98 Å². The molecule has 1 aliphatic rings. The van der Waals surface area contributed by atoms with Crippen LogP contribution in [0, 0.1) is 0 Å². The summed E-state index contributed by atoms with van der Waals surface area (Å²) in [4.78, 5) is 6.54. The van der Waals surface area contributed by atoms with E-state index in [4.69, 9.17) is 16.0 Å². The van der Waals surface area contributed by atoms with E-state index in [9.17, 15) is 5.11 Å². The van der Waals surface area contributed by atoms with Crippen molar-refractivity contribution in [2.24, 2.45) is 0 Å². The SMILES string of the molecule is OC[C@H]1CCCN1Cc1ncc(-c2ccc(Cl)cc2)o1. The maximum atomic E-state index is 9.32. The van der Waals surface area contributed by atoms with Gasteiger partial charge in [0.25, 0.3) is 0 Å². The Bertz CT molecular complexity index is 568. The fourth-order valence-corrected chi connectivity index (χ4v) is 2.74. The third-order valence-electron chi connectivity index (χ3n) is 3.73. The van der Waals surface area contributed by atoms with Crippen molar-refractivity contribution in [3.63, 3.8) is 0 Å². The van der Waals surface area contributed by atoms with Crippen molar-refractivity contribution < 1.29 is 9.52 Å². The van der Waals surface area contributed by atoms with Crippen molar-refractivity contribution in [3.8, 4) is 11.3 Å². The molecule has 2 heterocycles. The summed E-state index contributed by atoms with van der Waals surface area (Å²) >= 11 is 5.87. The van der Waals surface area contributed by atoms with Crippen LogP contribution in [-0.4, -0.2) is 34.2 Å². The van der Waals surface area contributed by atoms with Gasteiger partial charge in [-0.1, -0.05) is 11.6 Å². The molecule has 20 heavy (non-hydrogen) atoms. The van der Waals surface area contributed by atoms with Gasteiger partial charge in [0, 0.05) is 16.6 Å². The van der Waals surface area contributed by atoms with E-state index >= 15 is 0 Å². The van der Waals surface area contributed by atoms with Gasteiger partial charge in [-0.05, 0) is 43.7 Å². The van der Waals surface area contributed by atoms with Crippen molar-refractivity contribution in [2.75, 3.05) is 13.2 Å². The first kappa shape index (κ1) is 13.6. The van der Waals surface area contributed by atoms with Crippen LogP contribution in [0.4, 0.5) is 0 Å². The Labute approximate surface area is 123 Å². The zero-order chi connectivity index (χ0) is 13.9. The molecule has 1 aliphatic heterocycles. The number of oxazole rings is 1. The van der Waals surface area contributed by atoms with Gasteiger partial charge in [0.15, 0.2) is 5.76 Å². The van der Waals surface area contributed by atoms with Crippen LogP contribution >= 0.6 is 11.6 Å². The van der Waals surface area contributed by atoms with Crippen LogP contribution in [0.15, 0.2) is 34.9 Å². The molecule has 1 aromatic heterocycles. The molecule has 1 N–H and O–H groups in total. The lowest BCUT2D eigenvalue weighted by molar-refractivity contribution is 0.144. The van der Waals surface area contributed by atoms with Gasteiger partial charge >= 0.3 is 0 Å². The Balaban J connectivity index is 1.72. The molecule has 0 bridgehead atoms. The van der Waals surface area contributed by atoms with Gasteiger partial charge in [-0.15, -0.1) is 0 Å². The molecule has 0 aliphatic carbocycles. The first-order valence-electron chi connectivity index (χ1n) is 6.82. The summed E-state index contributed by atoms with van der Waals surface area (Å²) in [6.45, 7) is 1.84. The van der Waals surface area contributed by atoms with Gasteiger partial charge in [-0.2, -0.15) is 0 Å². The van der Waals surface area contributed by atoms with Crippen molar-refractivity contribution >= 4 is 11.6 Å². The Morgan fingerprint density at radius 2 is 2.15 bits per heavy atom. The second-order valence-electron chi connectivity index (χ2n) is 5.07. The fraction of sp³-hybridized carbons (Fsp3) is 0.400. The van der Waals surface area contributed by atoms with Crippen LogP contribution in [-0.2, 0) is 6.54 Å². The molecule has 106 valence electrons. The molecule has 1 aromatic carbocycles. The van der Waals surface area contributed by atoms with Crippen LogP contribution in [0.2, 0.25) is 5.02 Å². The summed E-state index contributed by atoms with van der Waals surface area (Å²) in [7, 11) is 0. The number of aliphatic hydroxyl groups is 1. The average molecular weight is 293 g/mol. The Morgan fingerprint density at radius 3 is 2.90 bits per heavy atom. The summed E-state index contributed by atoms with van der Waals surface area (Å²) in [5.41, 5.74) is 0.966. The van der Waals surface area contributed by atoms with Gasteiger partial charge < -0.3 is 9.52 Å². The number of halogens is 1. The maximum absolute atomic E-state index is 9.32. The average Bonchev–Trinajstić information content (AvgIpc) is 3.09. The Hall–Kier alpha value is -1.36. The van der Waals surface area contributed by atoms with E-state index in [2.05, 4.69) is 9.88 Å². The van der Waals surface area contributed by atoms with Crippen molar-refractivity contribution in [3.05, 3.63) is 41.4 Å². The number of likely N-dealkylation sites (tertiary alicyclic amines) is 1. The zero-order valence-corrected chi connectivity index (χ0v) is 11.9. The second-order valence-corrected chi connectivity index (χ2v) is 5.51. The molecule has 0 saturated carbocycles. The molecule has 0 radical (unpaired) electrons. The minimum absolute atomic E-state index is 0.199. The summed E-state index contributed by atoms with van der Waals surface area (Å²) in [6, 6.07) is 7.74. The van der Waals surface area contributed by atoms with Crippen molar-refractivity contribution in [1.29, 1.82) is 0 Å². The van der Waals surface area contributed by atoms with E-state index in [1.165, 1.54) is 0 Å². The molecule has 1 saturated heterocycles. The highest BCUT2D eigenvalue weighted by molar-refractivity contribution is 6.30. The number of rotatable bonds is 4. The van der Waals surface area contributed by atoms with E-state index < -0.39 is 0 Å². The summed E-state index contributed by atoms with van der Waals surface area (Å²) in [5, 5.41) is 10.0. The third-order valence-corrected chi connectivity index (χ3v) is 3.98. The monoisotopic (exact) mass is 292 g/mol. The second kappa shape index (κ2) is 5.95. The molecule has 0 amide bonds. The van der Waals surface area contributed by atoms with E-state index in [1.54, 1.807) is 6.20 Å². The van der Waals surface area contributed by atoms with Crippen LogP contribution < -0.4 is 0 Å². The van der Waals surface area contributed by atoms with E-state index in [-0.39, 0.29) is 12.6 Å². The highest BCUT2D eigenvalue weighted by Crippen LogP contribution is 2.24. The molecular formula is C15H17ClN2O2. The highest BCUT2D eigenvalue weighted by Gasteiger charge is 2.25. The zero-order valence-electron chi connectivity index (χ0n) is 11.1. The quantitative estimate of drug-likeness (QED) is 0.941. The molecule has 3 rings (SSSR count). The maximum Gasteiger partial charge on any atom is 0.209 e. The number of hydrogen-bond acceptors (Lipinski definition) is 4. The summed E-state index contributed by atoms with van der Waals surface area (Å²) in [5.74, 6) is 1.44. The lowest BCUT2D eigenvalue weighted by Gasteiger charge is -2.20. The van der Waals surface area contributed by atoms with Crippen LogP contribution in [0.5, 0.6) is 0 Å². The number of benzene rings is 1. The Morgan fingerprint density at radius 1 is 1.35 bits per heavy atom. The predicted molar refractivity (Wildman–Crippen MR) is 77.5 cm³/mol. The molecule has 2 aromatic rings. The highest BCUT2D eigenvalue weighted by atomic mass is 35.5. The molecule has 4 nitrogen and oxygen atoms in total. The minimum atomic E-state index is 0.199. The predicted octanol–water partition coefficient (Wildman–Crippen LogP) is 2.95. The standard InChI is InChI=1S/C15H17ClN2O2/c16-12-5-3-11(4-6-12)14-8-17-15(20-14)9-18-7-1-2-13(18)10-19/h3-6,8,13,19H,1-2,7,9-10H2/t13-/m1/s1. The Kier molecular flexibility index (Phi) is 4.05. The van der Waals surface area contributed by atoms with E-state index in [1.807, 2.05) is 24.3 Å². The summed E-state index contributed by atoms with van der Waals surface area (Å²) < 4.78 is 5.79. The molecule has 1 atom stereocenters. The number of hydrogen-bond donors (Lipinski definition) is 1. The number of nitrogens with zero attached hydrogens (tertiary/aromatic N) is 2. The first-order valence-corrected chi connectivity index (χ1v) is 7.19. The summed E-state index contributed by atoms with van der Waals surface area (Å²) in [6.07, 6.45) is 3.90. The molecule has 1 fully saturated rings. The van der Waals surface area contributed by atoms with Gasteiger partial charge in [0.2, 0.25) is 5.89 Å². The molecule has 0 spiro atoms. The smallest absolute Gasteiger partial charge is 0.209 e. The topological polar surface area (TPSA) is 49.5 Å². The molecule has 0 unspecified atom stereocenters. The molecule has 5 heteroatoms. The first-order chi connectivity index (χ1) is 9.76. The lowest BCUT2D eigenvalue weighted by Crippen LogP contribution is -2.31. The number of aliphatic hydroxyl groups excluding tert-OH is 1. The lowest BCUT2D eigenvalue weighted by atomic mass is 10.2. The van der Waals surface area contributed by atoms with Crippen LogP contribution in [0.1, 0.15) is 18.7 Å². The third kappa shape index (κ3) is 2.87. The number of aromatic nitrogens is 1. The van der Waals surface area contributed by atoms with Gasteiger partial charge in [-0.3, -0.25) is 4.90 Å². The minimum Gasteiger partial charge on any atom is -0.439 e. The fourth-order valence-electron chi connectivity index (χ4n) is 2.61. The van der Waals surface area contributed by atoms with Crippen molar-refractivity contribution in [1.82, 2.24) is 9.88 Å². The van der Waals surface area contributed by atoms with E-state index in [0.29, 0.717) is 17.5 Å². The van der Waals surface area contributed by atoms with Crippen molar-refractivity contribution in [2.45, 2.75) is 25.4 Å². The van der Waals surface area contributed by atoms with Crippen LogP contribution in [0.3, 0.4) is 0 Å². The van der Waals surface area contributed by atoms with Crippen LogP contribution in [0.25, 0.3) is 11.3 Å². The van der Waals surface area contributed by atoms with E-state index in [0.717, 1.165) is 30.7 Å². The largest absolute Gasteiger partial charge is 0.439 e. The van der Waals surface area contributed by atoms with Gasteiger partial charge in [0.05, 0.1) is 19.3 Å². The molecular weight excluding hydrogens is 276 g/mol.